The Morgan fingerprint density at radius 3 is 2.63 bits per heavy atom. The Morgan fingerprint density at radius 1 is 1.30 bits per heavy atom. The summed E-state index contributed by atoms with van der Waals surface area (Å²) in [5.74, 6) is 0.622. The molecule has 0 aliphatic heterocycles. The lowest BCUT2D eigenvalue weighted by Gasteiger charge is -2.24. The molecule has 0 bridgehead atoms. The molecular weight excluding hydrogens is 444 g/mol. The van der Waals surface area contributed by atoms with Gasteiger partial charge in [0.25, 0.3) is 0 Å². The fourth-order valence-electron chi connectivity index (χ4n) is 4.30. The number of aromatic nitrogens is 4. The van der Waals surface area contributed by atoms with Crippen LogP contribution < -0.4 is 5.32 Å². The lowest BCUT2D eigenvalue weighted by atomic mass is 10.0. The largest absolute Gasteiger partial charge is 0.481 e. The van der Waals surface area contributed by atoms with Crippen LogP contribution in [0.3, 0.4) is 0 Å². The van der Waals surface area contributed by atoms with E-state index in [2.05, 4.69) is 24.6 Å². The number of nitrogens with zero attached hydrogens (tertiary/aromatic N) is 4. The van der Waals surface area contributed by atoms with Gasteiger partial charge in [0.15, 0.2) is 11.5 Å². The molecule has 166 valence electrons. The fourth-order valence-corrected chi connectivity index (χ4v) is 5.97. The lowest BCUT2D eigenvalue weighted by molar-refractivity contribution is -0.0297. The molecule has 6 atom stereocenters. The van der Waals surface area contributed by atoms with Crippen LogP contribution in [-0.4, -0.2) is 70.3 Å². The molecule has 2 aliphatic rings. The van der Waals surface area contributed by atoms with E-state index in [1.54, 1.807) is 18.5 Å². The molecule has 16 heteroatoms. The summed E-state index contributed by atoms with van der Waals surface area (Å²) in [6, 6.07) is -0.645. The smallest absolute Gasteiger partial charge is 0.390 e. The molecule has 30 heavy (non-hydrogen) atoms. The number of aliphatic hydroxyl groups is 2. The van der Waals surface area contributed by atoms with Crippen molar-refractivity contribution in [1.82, 2.24) is 19.5 Å². The molecule has 2 saturated carbocycles. The van der Waals surface area contributed by atoms with Crippen molar-refractivity contribution in [1.29, 1.82) is 0 Å². The highest BCUT2D eigenvalue weighted by atomic mass is 31.3. The standard InChI is InChI=1S/C14H21N5O9P2/c1-6-17-12(15-2)8-13(18-6)19(5-16-8)9-7-3-14(7,11(21)10(9)20)4-27-30(25,26)28-29(22,23)24/h5,7,9-11,20-21H,3-4H2,1-2H3,(H,25,26)(H,15,17,18)(H2,22,23,24)/t7-,9-,10+,11+,14+/m1/s1. The van der Waals surface area contributed by atoms with Gasteiger partial charge in [-0.1, -0.05) is 0 Å². The molecule has 0 aromatic carbocycles. The van der Waals surface area contributed by atoms with Gasteiger partial charge in [-0.25, -0.2) is 24.1 Å². The number of hydrogen-bond acceptors (Lipinski definition) is 10. The third-order valence-corrected chi connectivity index (χ3v) is 7.78. The van der Waals surface area contributed by atoms with Crippen LogP contribution in [0.1, 0.15) is 18.3 Å². The molecule has 4 rings (SSSR count). The molecule has 0 spiro atoms. The van der Waals surface area contributed by atoms with Crippen molar-refractivity contribution in [2.75, 3.05) is 19.0 Å². The van der Waals surface area contributed by atoms with Crippen LogP contribution in [0.4, 0.5) is 5.82 Å². The normalized spacial score (nSPS) is 32.8. The summed E-state index contributed by atoms with van der Waals surface area (Å²) in [5, 5.41) is 24.2. The zero-order chi connectivity index (χ0) is 22.1. The Kier molecular flexibility index (Phi) is 5.09. The van der Waals surface area contributed by atoms with Gasteiger partial charge in [0.05, 0.1) is 25.1 Å². The maximum atomic E-state index is 11.8. The molecule has 0 amide bonds. The van der Waals surface area contributed by atoms with Crippen molar-refractivity contribution in [3.8, 4) is 0 Å². The van der Waals surface area contributed by atoms with E-state index in [9.17, 15) is 24.2 Å². The first-order valence-electron chi connectivity index (χ1n) is 8.88. The van der Waals surface area contributed by atoms with Crippen molar-refractivity contribution in [2.24, 2.45) is 11.3 Å². The number of rotatable bonds is 7. The van der Waals surface area contributed by atoms with E-state index < -0.39 is 45.9 Å². The Hall–Kier alpha value is -1.47. The molecular formula is C14H21N5O9P2. The van der Waals surface area contributed by atoms with E-state index in [4.69, 9.17) is 14.3 Å². The summed E-state index contributed by atoms with van der Waals surface area (Å²) in [4.78, 5) is 39.9. The highest BCUT2D eigenvalue weighted by Gasteiger charge is 2.72. The minimum atomic E-state index is -5.26. The van der Waals surface area contributed by atoms with Crippen LogP contribution in [-0.2, 0) is 18.0 Å². The van der Waals surface area contributed by atoms with Gasteiger partial charge in [-0.05, 0) is 19.3 Å². The Balaban J connectivity index is 1.60. The van der Waals surface area contributed by atoms with Gasteiger partial charge >= 0.3 is 15.6 Å². The number of imidazole rings is 1. The average molecular weight is 465 g/mol. The molecule has 2 fully saturated rings. The second-order valence-corrected chi connectivity index (χ2v) is 10.3. The van der Waals surface area contributed by atoms with E-state index in [1.807, 2.05) is 0 Å². The third kappa shape index (κ3) is 3.58. The number of hydrogen-bond donors (Lipinski definition) is 6. The number of anilines is 1. The zero-order valence-electron chi connectivity index (χ0n) is 15.9. The van der Waals surface area contributed by atoms with Crippen LogP contribution in [0.2, 0.25) is 0 Å². The Bertz CT molecular complexity index is 1090. The van der Waals surface area contributed by atoms with Crippen LogP contribution >= 0.6 is 15.6 Å². The van der Waals surface area contributed by atoms with Gasteiger partial charge in [-0.15, -0.1) is 0 Å². The van der Waals surface area contributed by atoms with Gasteiger partial charge in [0.1, 0.15) is 17.4 Å². The molecule has 6 N–H and O–H groups in total. The molecule has 0 saturated heterocycles. The van der Waals surface area contributed by atoms with E-state index in [-0.39, 0.29) is 5.92 Å². The van der Waals surface area contributed by atoms with E-state index in [0.29, 0.717) is 29.2 Å². The van der Waals surface area contributed by atoms with Crippen molar-refractivity contribution < 1.29 is 42.9 Å². The van der Waals surface area contributed by atoms with Crippen LogP contribution in [0.5, 0.6) is 0 Å². The minimum Gasteiger partial charge on any atom is -0.390 e. The highest BCUT2D eigenvalue weighted by Crippen LogP contribution is 2.69. The van der Waals surface area contributed by atoms with Crippen LogP contribution in [0, 0.1) is 18.3 Å². The number of nitrogens with one attached hydrogen (secondary N) is 1. The summed E-state index contributed by atoms with van der Waals surface area (Å²) in [7, 11) is -8.64. The second kappa shape index (κ2) is 7.02. The zero-order valence-corrected chi connectivity index (χ0v) is 17.6. The number of phosphoric acid groups is 2. The fraction of sp³-hybridized carbons (Fsp3) is 0.643. The SMILES string of the molecule is CNc1nc(C)nc2c1ncn2[C@H]1[C@H](O)[C@H](O)[C@]2(COP(=O)(O)OP(=O)(O)O)C[C@H]12. The van der Waals surface area contributed by atoms with Gasteiger partial charge in [-0.2, -0.15) is 4.31 Å². The molecule has 2 aromatic heterocycles. The van der Waals surface area contributed by atoms with Crippen LogP contribution in [0.15, 0.2) is 6.33 Å². The summed E-state index contributed by atoms with van der Waals surface area (Å²) in [6.45, 7) is 1.16. The summed E-state index contributed by atoms with van der Waals surface area (Å²) in [6.07, 6.45) is -0.747. The lowest BCUT2D eigenvalue weighted by Crippen LogP contribution is -2.35. The Morgan fingerprint density at radius 2 is 2.00 bits per heavy atom. The highest BCUT2D eigenvalue weighted by molar-refractivity contribution is 7.60. The maximum absolute atomic E-state index is 11.8. The first-order valence-corrected chi connectivity index (χ1v) is 11.9. The quantitative estimate of drug-likeness (QED) is 0.290. The third-order valence-electron chi connectivity index (χ3n) is 5.65. The monoisotopic (exact) mass is 465 g/mol. The molecule has 2 aromatic rings. The number of aryl methyl sites for hydroxylation is 1. The van der Waals surface area contributed by atoms with Crippen molar-refractivity contribution in [2.45, 2.75) is 31.6 Å². The van der Waals surface area contributed by atoms with Crippen molar-refractivity contribution in [3.63, 3.8) is 0 Å². The summed E-state index contributed by atoms with van der Waals surface area (Å²) >= 11 is 0. The Labute approximate surface area is 169 Å². The summed E-state index contributed by atoms with van der Waals surface area (Å²) < 4.78 is 32.7. The van der Waals surface area contributed by atoms with Gasteiger partial charge < -0.3 is 34.8 Å². The number of fused-ring (bicyclic) bond motifs is 2. The predicted molar refractivity (Wildman–Crippen MR) is 100 cm³/mol. The van der Waals surface area contributed by atoms with E-state index in [1.165, 1.54) is 6.33 Å². The van der Waals surface area contributed by atoms with Gasteiger partial charge in [0.2, 0.25) is 0 Å². The van der Waals surface area contributed by atoms with Crippen molar-refractivity contribution in [3.05, 3.63) is 12.2 Å². The average Bonchev–Trinajstić information content (AvgIpc) is 3.14. The van der Waals surface area contributed by atoms with E-state index >= 15 is 0 Å². The summed E-state index contributed by atoms with van der Waals surface area (Å²) in [5.41, 5.74) is -0.149. The molecule has 0 radical (unpaired) electrons. The predicted octanol–water partition coefficient (Wildman–Crippen LogP) is -0.314. The first-order chi connectivity index (χ1) is 13.9. The van der Waals surface area contributed by atoms with Crippen molar-refractivity contribution >= 4 is 32.6 Å². The van der Waals surface area contributed by atoms with E-state index in [0.717, 1.165) is 0 Å². The number of phosphoric ester groups is 1. The van der Waals surface area contributed by atoms with Crippen LogP contribution in [0.25, 0.3) is 11.2 Å². The number of aliphatic hydroxyl groups excluding tert-OH is 2. The topological polar surface area (TPSA) is 209 Å². The molecule has 1 unspecified atom stereocenters. The first kappa shape index (κ1) is 21.8. The minimum absolute atomic E-state index is 0.342. The maximum Gasteiger partial charge on any atom is 0.481 e. The molecule has 2 aliphatic carbocycles. The van der Waals surface area contributed by atoms with Gasteiger partial charge in [-0.3, -0.25) is 4.52 Å². The van der Waals surface area contributed by atoms with Gasteiger partial charge in [0, 0.05) is 12.5 Å². The second-order valence-electron chi connectivity index (χ2n) is 7.48. The molecule has 2 heterocycles. The molecule has 14 nitrogen and oxygen atoms in total.